The van der Waals surface area contributed by atoms with Gasteiger partial charge >= 0.3 is 0 Å². The fourth-order valence-electron chi connectivity index (χ4n) is 3.37. The van der Waals surface area contributed by atoms with Crippen LogP contribution in [-0.4, -0.2) is 37.3 Å². The minimum absolute atomic E-state index is 0. The molecule has 1 aliphatic rings. The molecule has 0 radical (unpaired) electrons. The highest BCUT2D eigenvalue weighted by atomic mass is 35.5. The van der Waals surface area contributed by atoms with Gasteiger partial charge in [-0.05, 0) is 24.1 Å². The van der Waals surface area contributed by atoms with Gasteiger partial charge in [0.25, 0.3) is 15.7 Å². The highest BCUT2D eigenvalue weighted by molar-refractivity contribution is 7.89. The Hall–Kier alpha value is -1.71. The molecular formula is C17H19Cl2N3O4S. The van der Waals surface area contributed by atoms with Gasteiger partial charge in [0.1, 0.15) is 0 Å². The van der Waals surface area contributed by atoms with Crippen molar-refractivity contribution in [1.29, 1.82) is 0 Å². The van der Waals surface area contributed by atoms with Gasteiger partial charge in [-0.15, -0.1) is 12.4 Å². The molecule has 1 heterocycles. The van der Waals surface area contributed by atoms with Crippen molar-refractivity contribution in [3.05, 3.63) is 69.2 Å². The summed E-state index contributed by atoms with van der Waals surface area (Å²) in [6.07, 6.45) is 0. The van der Waals surface area contributed by atoms with Gasteiger partial charge in [-0.1, -0.05) is 48.0 Å². The van der Waals surface area contributed by atoms with E-state index >= 15 is 0 Å². The standard InChI is InChI=1S/C17H18ClN3O4S.ClH/c18-15-7-4-8-16(21(22)23)17(15)26(24,25)20-10-13(9-19)14(11-20)12-5-2-1-3-6-12;/h1-8,13-14H,9-11,19H2;1H/t13-,14+;/m1./s1. The quantitative estimate of drug-likeness (QED) is 0.578. The SMILES string of the molecule is Cl.NC[C@@H]1CN(S(=O)(=O)c2c(Cl)cccc2[N+](=O)[O-])C[C@H]1c1ccccc1. The molecule has 2 atom stereocenters. The van der Waals surface area contributed by atoms with E-state index in [9.17, 15) is 18.5 Å². The molecular weight excluding hydrogens is 413 g/mol. The van der Waals surface area contributed by atoms with Crippen molar-refractivity contribution in [3.63, 3.8) is 0 Å². The fraction of sp³-hybridized carbons (Fsp3) is 0.294. The summed E-state index contributed by atoms with van der Waals surface area (Å²) >= 11 is 6.03. The summed E-state index contributed by atoms with van der Waals surface area (Å²) in [4.78, 5) is 10.1. The molecule has 0 unspecified atom stereocenters. The molecule has 0 saturated carbocycles. The largest absolute Gasteiger partial charge is 0.330 e. The molecule has 0 bridgehead atoms. The van der Waals surface area contributed by atoms with Crippen LogP contribution in [0.2, 0.25) is 5.02 Å². The summed E-state index contributed by atoms with van der Waals surface area (Å²) in [5.74, 6) is -0.147. The fourth-order valence-corrected chi connectivity index (χ4v) is 5.56. The van der Waals surface area contributed by atoms with Crippen molar-refractivity contribution in [1.82, 2.24) is 4.31 Å². The Labute approximate surface area is 168 Å². The zero-order valence-electron chi connectivity index (χ0n) is 14.2. The second-order valence-electron chi connectivity index (χ2n) is 6.18. The lowest BCUT2D eigenvalue weighted by Gasteiger charge is -2.17. The highest BCUT2D eigenvalue weighted by Crippen LogP contribution is 2.39. The predicted octanol–water partition coefficient (Wildman–Crippen LogP) is 3.03. The molecule has 1 aliphatic heterocycles. The minimum atomic E-state index is -4.12. The van der Waals surface area contributed by atoms with Crippen molar-refractivity contribution in [2.75, 3.05) is 19.6 Å². The Morgan fingerprint density at radius 1 is 1.15 bits per heavy atom. The summed E-state index contributed by atoms with van der Waals surface area (Å²) in [6, 6.07) is 13.4. The highest BCUT2D eigenvalue weighted by Gasteiger charge is 2.42. The van der Waals surface area contributed by atoms with Gasteiger partial charge in [0.05, 0.1) is 9.95 Å². The van der Waals surface area contributed by atoms with Crippen LogP contribution < -0.4 is 5.73 Å². The zero-order chi connectivity index (χ0) is 18.9. The lowest BCUT2D eigenvalue weighted by atomic mass is 9.89. The third-order valence-electron chi connectivity index (χ3n) is 4.68. The second kappa shape index (κ2) is 8.53. The lowest BCUT2D eigenvalue weighted by Crippen LogP contribution is -2.30. The predicted molar refractivity (Wildman–Crippen MR) is 106 cm³/mol. The van der Waals surface area contributed by atoms with E-state index in [1.165, 1.54) is 16.4 Å². The van der Waals surface area contributed by atoms with Crippen LogP contribution in [0.5, 0.6) is 0 Å². The van der Waals surface area contributed by atoms with Crippen LogP contribution in [0.4, 0.5) is 5.69 Å². The normalized spacial score (nSPS) is 20.2. The number of hydrogen-bond donors (Lipinski definition) is 1. The molecule has 1 fully saturated rings. The number of hydrogen-bond acceptors (Lipinski definition) is 5. The van der Waals surface area contributed by atoms with Crippen LogP contribution in [0.1, 0.15) is 11.5 Å². The first-order valence-electron chi connectivity index (χ1n) is 8.04. The van der Waals surface area contributed by atoms with Gasteiger partial charge in [0.15, 0.2) is 4.90 Å². The van der Waals surface area contributed by atoms with E-state index < -0.39 is 25.5 Å². The molecule has 146 valence electrons. The van der Waals surface area contributed by atoms with Crippen LogP contribution in [0.15, 0.2) is 53.4 Å². The third kappa shape index (κ3) is 4.09. The van der Waals surface area contributed by atoms with Gasteiger partial charge in [0.2, 0.25) is 0 Å². The molecule has 3 rings (SSSR count). The first-order valence-corrected chi connectivity index (χ1v) is 9.86. The van der Waals surface area contributed by atoms with Crippen molar-refractivity contribution in [2.45, 2.75) is 10.8 Å². The molecule has 2 N–H and O–H groups in total. The van der Waals surface area contributed by atoms with Crippen molar-refractivity contribution < 1.29 is 13.3 Å². The molecule has 0 aromatic heterocycles. The summed E-state index contributed by atoms with van der Waals surface area (Å²) in [5, 5.41) is 11.1. The van der Waals surface area contributed by atoms with Crippen molar-refractivity contribution in [2.24, 2.45) is 11.7 Å². The number of nitro groups is 1. The van der Waals surface area contributed by atoms with Gasteiger partial charge < -0.3 is 5.73 Å². The Kier molecular flexibility index (Phi) is 6.82. The average Bonchev–Trinajstić information content (AvgIpc) is 3.07. The van der Waals surface area contributed by atoms with Crippen molar-refractivity contribution in [3.8, 4) is 0 Å². The number of halogens is 2. The molecule has 7 nitrogen and oxygen atoms in total. The Morgan fingerprint density at radius 2 is 1.81 bits per heavy atom. The minimum Gasteiger partial charge on any atom is -0.330 e. The van der Waals surface area contributed by atoms with Crippen LogP contribution in [0.3, 0.4) is 0 Å². The lowest BCUT2D eigenvalue weighted by molar-refractivity contribution is -0.387. The summed E-state index contributed by atoms with van der Waals surface area (Å²) in [7, 11) is -4.12. The van der Waals surface area contributed by atoms with Crippen LogP contribution in [0, 0.1) is 16.0 Å². The topological polar surface area (TPSA) is 107 Å². The molecule has 27 heavy (non-hydrogen) atoms. The van der Waals surface area contributed by atoms with Gasteiger partial charge in [-0.25, -0.2) is 8.42 Å². The maximum Gasteiger partial charge on any atom is 0.290 e. The zero-order valence-corrected chi connectivity index (χ0v) is 16.6. The smallest absolute Gasteiger partial charge is 0.290 e. The molecule has 2 aromatic carbocycles. The summed E-state index contributed by atoms with van der Waals surface area (Å²) < 4.78 is 27.5. The third-order valence-corrected chi connectivity index (χ3v) is 7.03. The van der Waals surface area contributed by atoms with E-state index in [1.807, 2.05) is 30.3 Å². The summed E-state index contributed by atoms with van der Waals surface area (Å²) in [5.41, 5.74) is 6.33. The molecule has 0 amide bonds. The summed E-state index contributed by atoms with van der Waals surface area (Å²) in [6.45, 7) is 0.716. The number of nitro benzene ring substituents is 1. The van der Waals surface area contributed by atoms with E-state index in [4.69, 9.17) is 17.3 Å². The number of benzene rings is 2. The average molecular weight is 432 g/mol. The van der Waals surface area contributed by atoms with Gasteiger partial charge in [0, 0.05) is 25.1 Å². The van der Waals surface area contributed by atoms with Crippen LogP contribution in [0.25, 0.3) is 0 Å². The molecule has 0 aliphatic carbocycles. The van der Waals surface area contributed by atoms with Crippen LogP contribution in [-0.2, 0) is 10.0 Å². The maximum absolute atomic E-state index is 13.1. The number of rotatable bonds is 5. The second-order valence-corrected chi connectivity index (χ2v) is 8.46. The van der Waals surface area contributed by atoms with Gasteiger partial charge in [-0.3, -0.25) is 10.1 Å². The van der Waals surface area contributed by atoms with E-state index in [2.05, 4.69) is 0 Å². The van der Waals surface area contributed by atoms with Crippen molar-refractivity contribution >= 4 is 39.7 Å². The van der Waals surface area contributed by atoms with Gasteiger partial charge in [-0.2, -0.15) is 4.31 Å². The van der Waals surface area contributed by atoms with E-state index in [0.29, 0.717) is 6.54 Å². The molecule has 2 aromatic rings. The Morgan fingerprint density at radius 3 is 2.41 bits per heavy atom. The molecule has 10 heteroatoms. The molecule has 1 saturated heterocycles. The Balaban J connectivity index is 0.00000261. The number of nitrogens with two attached hydrogens (primary N) is 1. The van der Waals surface area contributed by atoms with E-state index in [1.54, 1.807) is 0 Å². The maximum atomic E-state index is 13.1. The Bertz CT molecular complexity index is 925. The number of sulfonamides is 1. The molecule has 0 spiro atoms. The first-order chi connectivity index (χ1) is 12.4. The van der Waals surface area contributed by atoms with Crippen LogP contribution >= 0.6 is 24.0 Å². The first kappa shape index (κ1) is 21.6. The number of nitrogens with zero attached hydrogens (tertiary/aromatic N) is 2. The van der Waals surface area contributed by atoms with E-state index in [-0.39, 0.29) is 42.4 Å². The van der Waals surface area contributed by atoms with E-state index in [0.717, 1.165) is 11.6 Å². The monoisotopic (exact) mass is 431 g/mol.